The van der Waals surface area contributed by atoms with Gasteiger partial charge in [-0.25, -0.2) is 4.39 Å². The number of halogens is 1. The molecular formula is C11H10FNO3. The fourth-order valence-electron chi connectivity index (χ4n) is 1.68. The van der Waals surface area contributed by atoms with Crippen LogP contribution in [0.1, 0.15) is 6.42 Å². The number of methoxy groups -OCH3 is 1. The summed E-state index contributed by atoms with van der Waals surface area (Å²) in [4.78, 5) is 23.9. The number of Topliss-reactive ketones (excluding diaryl/α,β-unsaturated/α-hetero) is 1. The Morgan fingerprint density at radius 1 is 1.38 bits per heavy atom. The summed E-state index contributed by atoms with van der Waals surface area (Å²) < 4.78 is 17.9. The van der Waals surface area contributed by atoms with Crippen molar-refractivity contribution in [3.8, 4) is 5.75 Å². The Balaban J connectivity index is 2.40. The number of carbonyl (C=O) groups is 2. The van der Waals surface area contributed by atoms with Gasteiger partial charge in [-0.3, -0.25) is 9.59 Å². The van der Waals surface area contributed by atoms with Crippen LogP contribution < -0.4 is 9.64 Å². The lowest BCUT2D eigenvalue weighted by Gasteiger charge is -2.17. The van der Waals surface area contributed by atoms with Crippen molar-refractivity contribution >= 4 is 17.4 Å². The molecule has 0 bridgehead atoms. The smallest absolute Gasteiger partial charge is 0.235 e. The molecule has 1 fully saturated rings. The molecule has 0 spiro atoms. The van der Waals surface area contributed by atoms with E-state index in [1.165, 1.54) is 30.2 Å². The van der Waals surface area contributed by atoms with E-state index in [2.05, 4.69) is 0 Å². The van der Waals surface area contributed by atoms with Crippen molar-refractivity contribution in [2.45, 2.75) is 6.42 Å². The van der Waals surface area contributed by atoms with Crippen LogP contribution in [0.5, 0.6) is 5.75 Å². The predicted molar refractivity (Wildman–Crippen MR) is 54.9 cm³/mol. The predicted octanol–water partition coefficient (Wildman–Crippen LogP) is 1.14. The monoisotopic (exact) mass is 223 g/mol. The van der Waals surface area contributed by atoms with E-state index in [4.69, 9.17) is 4.74 Å². The van der Waals surface area contributed by atoms with Crippen molar-refractivity contribution in [2.75, 3.05) is 18.6 Å². The number of amides is 1. The largest absolute Gasteiger partial charge is 0.494 e. The molecule has 2 rings (SSSR count). The minimum Gasteiger partial charge on any atom is -0.494 e. The Bertz CT molecular complexity index is 459. The molecule has 1 heterocycles. The second-order valence-electron chi connectivity index (χ2n) is 3.51. The van der Waals surface area contributed by atoms with E-state index in [1.807, 2.05) is 0 Å². The Hall–Kier alpha value is -1.91. The molecule has 0 unspecified atom stereocenters. The zero-order valence-corrected chi connectivity index (χ0v) is 8.70. The van der Waals surface area contributed by atoms with Crippen LogP contribution in [0.15, 0.2) is 18.2 Å². The number of carbonyl (C=O) groups excluding carboxylic acids is 2. The molecule has 0 aromatic heterocycles. The minimum atomic E-state index is -0.446. The highest BCUT2D eigenvalue weighted by Gasteiger charge is 2.30. The van der Waals surface area contributed by atoms with Gasteiger partial charge in [0.25, 0.3) is 0 Å². The summed E-state index contributed by atoms with van der Waals surface area (Å²) in [6.07, 6.45) is -0.0967. The maximum absolute atomic E-state index is 12.9. The highest BCUT2D eigenvalue weighted by Crippen LogP contribution is 2.31. The Kier molecular flexibility index (Phi) is 2.60. The first-order chi connectivity index (χ1) is 7.61. The summed E-state index contributed by atoms with van der Waals surface area (Å²) in [7, 11) is 1.39. The van der Waals surface area contributed by atoms with E-state index in [0.717, 1.165) is 0 Å². The summed E-state index contributed by atoms with van der Waals surface area (Å²) in [5.74, 6) is -0.618. The van der Waals surface area contributed by atoms with Crippen molar-refractivity contribution in [1.82, 2.24) is 0 Å². The Labute approximate surface area is 91.6 Å². The third-order valence-corrected chi connectivity index (χ3v) is 2.42. The fourth-order valence-corrected chi connectivity index (χ4v) is 1.68. The molecule has 1 saturated heterocycles. The van der Waals surface area contributed by atoms with Gasteiger partial charge >= 0.3 is 0 Å². The number of hydrogen-bond acceptors (Lipinski definition) is 3. The summed E-state index contributed by atoms with van der Waals surface area (Å²) in [6, 6.07) is 3.85. The van der Waals surface area contributed by atoms with Crippen LogP contribution in [-0.4, -0.2) is 25.3 Å². The minimum absolute atomic E-state index is 0.0286. The standard InChI is InChI=1S/C11H10FNO3/c1-16-10-4-7(12)2-3-9(10)13-6-8(14)5-11(13)15/h2-4H,5-6H2,1H3. The normalized spacial score (nSPS) is 15.8. The van der Waals surface area contributed by atoms with Crippen LogP contribution >= 0.6 is 0 Å². The van der Waals surface area contributed by atoms with Crippen LogP contribution in [0.3, 0.4) is 0 Å². The van der Waals surface area contributed by atoms with Crippen molar-refractivity contribution in [3.05, 3.63) is 24.0 Å². The SMILES string of the molecule is COc1cc(F)ccc1N1CC(=O)CC1=O. The van der Waals surface area contributed by atoms with Gasteiger partial charge in [0, 0.05) is 6.07 Å². The van der Waals surface area contributed by atoms with Gasteiger partial charge in [0.1, 0.15) is 11.6 Å². The number of benzene rings is 1. The van der Waals surface area contributed by atoms with Crippen molar-refractivity contribution in [1.29, 1.82) is 0 Å². The average Bonchev–Trinajstić information content (AvgIpc) is 2.57. The molecule has 0 N–H and O–H groups in total. The second-order valence-corrected chi connectivity index (χ2v) is 3.51. The van der Waals surface area contributed by atoms with E-state index in [1.54, 1.807) is 0 Å². The van der Waals surface area contributed by atoms with Crippen LogP contribution in [0.2, 0.25) is 0 Å². The third kappa shape index (κ3) is 1.76. The molecule has 0 atom stereocenters. The quantitative estimate of drug-likeness (QED) is 0.706. The van der Waals surface area contributed by atoms with Crippen molar-refractivity contribution in [2.24, 2.45) is 0 Å². The summed E-state index contributed by atoms with van der Waals surface area (Å²) in [5.41, 5.74) is 0.430. The van der Waals surface area contributed by atoms with Crippen molar-refractivity contribution in [3.63, 3.8) is 0 Å². The molecule has 1 aliphatic rings. The molecule has 0 radical (unpaired) electrons. The lowest BCUT2D eigenvalue weighted by Crippen LogP contribution is -2.25. The van der Waals surface area contributed by atoms with E-state index < -0.39 is 5.82 Å². The van der Waals surface area contributed by atoms with E-state index in [9.17, 15) is 14.0 Å². The molecular weight excluding hydrogens is 213 g/mol. The van der Waals surface area contributed by atoms with E-state index in [-0.39, 0.29) is 30.4 Å². The molecule has 1 amide bonds. The topological polar surface area (TPSA) is 46.6 Å². The van der Waals surface area contributed by atoms with E-state index in [0.29, 0.717) is 5.69 Å². The summed E-state index contributed by atoms with van der Waals surface area (Å²) >= 11 is 0. The number of hydrogen-bond donors (Lipinski definition) is 0. The second kappa shape index (κ2) is 3.92. The first-order valence-electron chi connectivity index (χ1n) is 4.77. The van der Waals surface area contributed by atoms with Crippen LogP contribution in [0.4, 0.5) is 10.1 Å². The molecule has 84 valence electrons. The maximum atomic E-state index is 12.9. The number of nitrogens with zero attached hydrogens (tertiary/aromatic N) is 1. The highest BCUT2D eigenvalue weighted by atomic mass is 19.1. The van der Waals surface area contributed by atoms with Crippen LogP contribution in [0.25, 0.3) is 0 Å². The first-order valence-corrected chi connectivity index (χ1v) is 4.77. The van der Waals surface area contributed by atoms with Crippen LogP contribution in [0, 0.1) is 5.82 Å². The summed E-state index contributed by atoms with van der Waals surface area (Å²) in [6.45, 7) is 0.0286. The highest BCUT2D eigenvalue weighted by molar-refractivity contribution is 6.15. The maximum Gasteiger partial charge on any atom is 0.235 e. The molecule has 0 aliphatic carbocycles. The Morgan fingerprint density at radius 2 is 2.12 bits per heavy atom. The summed E-state index contributed by atoms with van der Waals surface area (Å²) in [5, 5.41) is 0. The van der Waals surface area contributed by atoms with Gasteiger partial charge in [0.05, 0.1) is 25.8 Å². The zero-order valence-electron chi connectivity index (χ0n) is 8.70. The van der Waals surface area contributed by atoms with Gasteiger partial charge in [0.15, 0.2) is 5.78 Å². The van der Waals surface area contributed by atoms with E-state index >= 15 is 0 Å². The molecule has 1 aromatic rings. The number of ether oxygens (including phenoxy) is 1. The molecule has 16 heavy (non-hydrogen) atoms. The van der Waals surface area contributed by atoms with Crippen molar-refractivity contribution < 1.29 is 18.7 Å². The third-order valence-electron chi connectivity index (χ3n) is 2.42. The van der Waals surface area contributed by atoms with Gasteiger partial charge in [-0.05, 0) is 12.1 Å². The molecule has 1 aromatic carbocycles. The number of anilines is 1. The van der Waals surface area contributed by atoms with Gasteiger partial charge in [0.2, 0.25) is 5.91 Å². The number of ketones is 1. The lowest BCUT2D eigenvalue weighted by molar-refractivity contribution is -0.121. The fraction of sp³-hybridized carbons (Fsp3) is 0.273. The lowest BCUT2D eigenvalue weighted by atomic mass is 10.2. The van der Waals surface area contributed by atoms with Gasteiger partial charge in [-0.1, -0.05) is 0 Å². The van der Waals surface area contributed by atoms with Crippen LogP contribution in [-0.2, 0) is 9.59 Å². The first kappa shape index (κ1) is 10.6. The average molecular weight is 223 g/mol. The number of rotatable bonds is 2. The Morgan fingerprint density at radius 3 is 2.69 bits per heavy atom. The molecule has 5 heteroatoms. The molecule has 0 saturated carbocycles. The van der Waals surface area contributed by atoms with Gasteiger partial charge in [-0.15, -0.1) is 0 Å². The molecule has 4 nitrogen and oxygen atoms in total. The molecule has 1 aliphatic heterocycles. The van der Waals surface area contributed by atoms with Gasteiger partial charge < -0.3 is 9.64 Å². The zero-order chi connectivity index (χ0) is 11.7. The van der Waals surface area contributed by atoms with Gasteiger partial charge in [-0.2, -0.15) is 0 Å².